The van der Waals surface area contributed by atoms with Crippen LogP contribution in [0.1, 0.15) is 18.4 Å². The van der Waals surface area contributed by atoms with Crippen LogP contribution in [0.15, 0.2) is 41.3 Å². The van der Waals surface area contributed by atoms with Crippen LogP contribution in [0, 0.1) is 21.7 Å². The van der Waals surface area contributed by atoms with E-state index in [2.05, 4.69) is 5.32 Å². The first-order chi connectivity index (χ1) is 12.8. The van der Waals surface area contributed by atoms with Gasteiger partial charge >= 0.3 is 0 Å². The Morgan fingerprint density at radius 1 is 1.07 bits per heavy atom. The number of nitrogens with zero attached hydrogens (tertiary/aromatic N) is 2. The summed E-state index contributed by atoms with van der Waals surface area (Å²) in [6, 6.07) is 6.45. The molecule has 1 fully saturated rings. The minimum absolute atomic E-state index is 0.0466. The standard InChI is InChI=1S/C17H17F2N3O4S/c18-13-7-12(8-14(19)9-13)11-20-16-4-3-15(22(23)24)10-17(16)27(25,26)21-5-1-2-6-21/h3-4,7-10,20H,1-2,5-6,11H2. The van der Waals surface area contributed by atoms with Crippen molar-refractivity contribution in [2.45, 2.75) is 24.3 Å². The number of nitrogens with one attached hydrogen (secondary N) is 1. The second kappa shape index (κ2) is 7.57. The average molecular weight is 397 g/mol. The minimum Gasteiger partial charge on any atom is -0.380 e. The number of non-ortho nitro benzene ring substituents is 1. The van der Waals surface area contributed by atoms with Crippen LogP contribution in [0.25, 0.3) is 0 Å². The van der Waals surface area contributed by atoms with E-state index >= 15 is 0 Å². The molecule has 1 aliphatic heterocycles. The summed E-state index contributed by atoms with van der Waals surface area (Å²) in [4.78, 5) is 10.2. The molecule has 0 radical (unpaired) electrons. The van der Waals surface area contributed by atoms with Crippen LogP contribution in [0.3, 0.4) is 0 Å². The predicted octanol–water partition coefficient (Wildman–Crippen LogP) is 3.27. The number of nitro benzene ring substituents is 1. The lowest BCUT2D eigenvalue weighted by atomic mass is 10.2. The number of sulfonamides is 1. The quantitative estimate of drug-likeness (QED) is 0.597. The number of hydrogen-bond acceptors (Lipinski definition) is 5. The second-order valence-corrected chi connectivity index (χ2v) is 8.09. The molecule has 0 saturated carbocycles. The van der Waals surface area contributed by atoms with Crippen molar-refractivity contribution in [1.29, 1.82) is 0 Å². The molecular weight excluding hydrogens is 380 g/mol. The molecule has 0 aliphatic carbocycles. The van der Waals surface area contributed by atoms with Crippen molar-refractivity contribution in [1.82, 2.24) is 4.31 Å². The Hall–Kier alpha value is -2.59. The van der Waals surface area contributed by atoms with E-state index in [9.17, 15) is 27.3 Å². The van der Waals surface area contributed by atoms with Gasteiger partial charge in [-0.3, -0.25) is 10.1 Å². The molecule has 10 heteroatoms. The van der Waals surface area contributed by atoms with Crippen molar-refractivity contribution >= 4 is 21.4 Å². The summed E-state index contributed by atoms with van der Waals surface area (Å²) in [6.45, 7) is 0.647. The Morgan fingerprint density at radius 3 is 2.30 bits per heavy atom. The fraction of sp³-hybridized carbons (Fsp3) is 0.294. The molecular formula is C17H17F2N3O4S. The van der Waals surface area contributed by atoms with E-state index in [-0.39, 0.29) is 28.4 Å². The SMILES string of the molecule is O=[N+]([O-])c1ccc(NCc2cc(F)cc(F)c2)c(S(=O)(=O)N2CCCC2)c1. The van der Waals surface area contributed by atoms with Gasteiger partial charge < -0.3 is 5.32 Å². The van der Waals surface area contributed by atoms with Gasteiger partial charge in [-0.2, -0.15) is 4.31 Å². The minimum atomic E-state index is -3.93. The zero-order valence-electron chi connectivity index (χ0n) is 14.2. The number of halogens is 2. The van der Waals surface area contributed by atoms with Gasteiger partial charge in [0, 0.05) is 37.8 Å². The molecule has 2 aromatic carbocycles. The summed E-state index contributed by atoms with van der Waals surface area (Å²) in [5, 5.41) is 13.9. The fourth-order valence-electron chi connectivity index (χ4n) is 2.96. The predicted molar refractivity (Wildman–Crippen MR) is 94.8 cm³/mol. The van der Waals surface area contributed by atoms with Gasteiger partial charge in [0.15, 0.2) is 0 Å². The second-order valence-electron chi connectivity index (χ2n) is 6.18. The number of rotatable bonds is 6. The zero-order valence-corrected chi connectivity index (χ0v) is 15.0. The van der Waals surface area contributed by atoms with Crippen molar-refractivity contribution in [3.63, 3.8) is 0 Å². The summed E-state index contributed by atoms with van der Waals surface area (Å²) >= 11 is 0. The third kappa shape index (κ3) is 4.22. The van der Waals surface area contributed by atoms with Crippen LogP contribution in [0.4, 0.5) is 20.2 Å². The Balaban J connectivity index is 1.95. The van der Waals surface area contributed by atoms with Gasteiger partial charge in [0.1, 0.15) is 16.5 Å². The number of benzene rings is 2. The van der Waals surface area contributed by atoms with E-state index < -0.39 is 26.6 Å². The van der Waals surface area contributed by atoms with E-state index in [1.807, 2.05) is 0 Å². The zero-order chi connectivity index (χ0) is 19.6. The van der Waals surface area contributed by atoms with Crippen LogP contribution in [-0.4, -0.2) is 30.7 Å². The van der Waals surface area contributed by atoms with Crippen LogP contribution >= 0.6 is 0 Å². The lowest BCUT2D eigenvalue weighted by Gasteiger charge is -2.19. The first kappa shape index (κ1) is 19.2. The number of anilines is 1. The fourth-order valence-corrected chi connectivity index (χ4v) is 4.67. The maximum absolute atomic E-state index is 13.3. The molecule has 0 atom stereocenters. The Bertz CT molecular complexity index is 956. The molecule has 1 heterocycles. The average Bonchev–Trinajstić information content (AvgIpc) is 3.14. The highest BCUT2D eigenvalue weighted by atomic mass is 32.2. The highest BCUT2D eigenvalue weighted by molar-refractivity contribution is 7.89. The maximum Gasteiger partial charge on any atom is 0.270 e. The van der Waals surface area contributed by atoms with Gasteiger partial charge in [-0.25, -0.2) is 17.2 Å². The summed E-state index contributed by atoms with van der Waals surface area (Å²) < 4.78 is 53.7. The summed E-state index contributed by atoms with van der Waals surface area (Å²) in [5.74, 6) is -1.50. The largest absolute Gasteiger partial charge is 0.380 e. The Kier molecular flexibility index (Phi) is 5.38. The lowest BCUT2D eigenvalue weighted by molar-refractivity contribution is -0.385. The molecule has 3 rings (SSSR count). The number of nitro groups is 1. The normalized spacial score (nSPS) is 15.0. The highest BCUT2D eigenvalue weighted by Crippen LogP contribution is 2.31. The van der Waals surface area contributed by atoms with Crippen LogP contribution in [0.5, 0.6) is 0 Å². The molecule has 2 aromatic rings. The third-order valence-corrected chi connectivity index (χ3v) is 6.20. The molecule has 27 heavy (non-hydrogen) atoms. The van der Waals surface area contributed by atoms with E-state index in [1.54, 1.807) is 0 Å². The van der Waals surface area contributed by atoms with E-state index in [4.69, 9.17) is 0 Å². The molecule has 1 N–H and O–H groups in total. The molecule has 0 amide bonds. The first-order valence-corrected chi connectivity index (χ1v) is 9.69. The van der Waals surface area contributed by atoms with E-state index in [0.717, 1.165) is 37.1 Å². The van der Waals surface area contributed by atoms with Gasteiger partial charge in [-0.15, -0.1) is 0 Å². The first-order valence-electron chi connectivity index (χ1n) is 8.25. The smallest absolute Gasteiger partial charge is 0.270 e. The maximum atomic E-state index is 13.3. The Morgan fingerprint density at radius 2 is 1.70 bits per heavy atom. The van der Waals surface area contributed by atoms with Crippen LogP contribution in [-0.2, 0) is 16.6 Å². The van der Waals surface area contributed by atoms with Crippen molar-refractivity contribution in [3.8, 4) is 0 Å². The van der Waals surface area contributed by atoms with Crippen molar-refractivity contribution < 1.29 is 22.1 Å². The van der Waals surface area contributed by atoms with Crippen LogP contribution < -0.4 is 5.32 Å². The van der Waals surface area contributed by atoms with E-state index in [1.165, 1.54) is 16.4 Å². The van der Waals surface area contributed by atoms with Gasteiger partial charge in [0.25, 0.3) is 5.69 Å². The monoisotopic (exact) mass is 397 g/mol. The molecule has 0 aromatic heterocycles. The van der Waals surface area contributed by atoms with Crippen molar-refractivity contribution in [2.24, 2.45) is 0 Å². The molecule has 0 unspecified atom stereocenters. The van der Waals surface area contributed by atoms with Crippen molar-refractivity contribution in [2.75, 3.05) is 18.4 Å². The molecule has 144 valence electrons. The summed E-state index contributed by atoms with van der Waals surface area (Å²) in [5.41, 5.74) is 0.0580. The molecule has 1 aliphatic rings. The molecule has 7 nitrogen and oxygen atoms in total. The van der Waals surface area contributed by atoms with Gasteiger partial charge in [0.05, 0.1) is 10.6 Å². The van der Waals surface area contributed by atoms with Crippen molar-refractivity contribution in [3.05, 3.63) is 63.7 Å². The summed E-state index contributed by atoms with van der Waals surface area (Å²) in [6.07, 6.45) is 1.44. The van der Waals surface area contributed by atoms with Crippen LogP contribution in [0.2, 0.25) is 0 Å². The Labute approximate surface area is 154 Å². The van der Waals surface area contributed by atoms with E-state index in [0.29, 0.717) is 13.1 Å². The summed E-state index contributed by atoms with van der Waals surface area (Å²) in [7, 11) is -3.93. The number of hydrogen-bond donors (Lipinski definition) is 1. The third-order valence-electron chi connectivity index (χ3n) is 4.26. The topological polar surface area (TPSA) is 92.5 Å². The van der Waals surface area contributed by atoms with Gasteiger partial charge in [0.2, 0.25) is 10.0 Å². The molecule has 0 bridgehead atoms. The van der Waals surface area contributed by atoms with Gasteiger partial charge in [-0.05, 0) is 36.6 Å². The molecule has 1 saturated heterocycles. The highest BCUT2D eigenvalue weighted by Gasteiger charge is 2.30. The molecule has 0 spiro atoms. The lowest BCUT2D eigenvalue weighted by Crippen LogP contribution is -2.28. The van der Waals surface area contributed by atoms with Gasteiger partial charge in [-0.1, -0.05) is 0 Å².